The molecule has 0 radical (unpaired) electrons. The predicted molar refractivity (Wildman–Crippen MR) is 79.6 cm³/mol. The monoisotopic (exact) mass is 282 g/mol. The quantitative estimate of drug-likeness (QED) is 0.893. The molecule has 106 valence electrons. The molecule has 2 heterocycles. The molecule has 0 aromatic carbocycles. The van der Waals surface area contributed by atoms with Crippen molar-refractivity contribution in [1.29, 1.82) is 0 Å². The van der Waals surface area contributed by atoms with Gasteiger partial charge in [-0.15, -0.1) is 0 Å². The Hall–Kier alpha value is -1.30. The molecule has 0 atom stereocenters. The van der Waals surface area contributed by atoms with Crippen molar-refractivity contribution in [3.63, 3.8) is 0 Å². The number of rotatable bonds is 3. The third kappa shape index (κ3) is 3.18. The molecule has 0 unspecified atom stereocenters. The maximum atomic E-state index is 12.5. The molecular formula is C13H22N4OS. The molecule has 6 heteroatoms. The average Bonchev–Trinajstić information content (AvgIpc) is 2.68. The van der Waals surface area contributed by atoms with Gasteiger partial charge in [0, 0.05) is 19.6 Å². The van der Waals surface area contributed by atoms with Crippen LogP contribution in [0.5, 0.6) is 0 Å². The third-order valence-electron chi connectivity index (χ3n) is 3.36. The van der Waals surface area contributed by atoms with Crippen molar-refractivity contribution >= 4 is 28.2 Å². The first-order chi connectivity index (χ1) is 8.93. The van der Waals surface area contributed by atoms with Gasteiger partial charge in [0.15, 0.2) is 5.13 Å². The number of likely N-dealkylation sites (tertiary alicyclic amines) is 1. The number of carbonyl (C=O) groups is 1. The third-order valence-corrected chi connectivity index (χ3v) is 4.38. The Labute approximate surface area is 118 Å². The van der Waals surface area contributed by atoms with Crippen LogP contribution in [0.4, 0.5) is 10.9 Å². The van der Waals surface area contributed by atoms with Gasteiger partial charge in [0.2, 0.25) is 0 Å². The summed E-state index contributed by atoms with van der Waals surface area (Å²) in [6, 6.07) is 0. The molecule has 3 N–H and O–H groups in total. The number of nitrogens with zero attached hydrogens (tertiary/aromatic N) is 2. The molecule has 1 aromatic rings. The lowest BCUT2D eigenvalue weighted by Gasteiger charge is -2.37. The number of carbonyl (C=O) groups excluding carboxylic acids is 1. The molecule has 1 aliphatic rings. The number of amides is 1. The van der Waals surface area contributed by atoms with E-state index in [0.717, 1.165) is 37.6 Å². The number of aromatic nitrogens is 1. The van der Waals surface area contributed by atoms with Crippen LogP contribution in [-0.4, -0.2) is 35.4 Å². The van der Waals surface area contributed by atoms with E-state index in [1.807, 2.05) is 11.8 Å². The van der Waals surface area contributed by atoms with Crippen molar-refractivity contribution in [3.05, 3.63) is 4.88 Å². The van der Waals surface area contributed by atoms with Crippen molar-refractivity contribution in [2.24, 2.45) is 5.41 Å². The average molecular weight is 282 g/mol. The van der Waals surface area contributed by atoms with E-state index in [9.17, 15) is 4.79 Å². The highest BCUT2D eigenvalue weighted by molar-refractivity contribution is 7.18. The van der Waals surface area contributed by atoms with E-state index in [2.05, 4.69) is 24.1 Å². The topological polar surface area (TPSA) is 71.2 Å². The number of piperidine rings is 1. The fourth-order valence-corrected chi connectivity index (χ4v) is 3.37. The number of nitrogens with one attached hydrogen (secondary N) is 1. The van der Waals surface area contributed by atoms with Gasteiger partial charge in [-0.2, -0.15) is 0 Å². The number of hydrogen-bond donors (Lipinski definition) is 2. The van der Waals surface area contributed by atoms with Crippen molar-refractivity contribution in [2.45, 2.75) is 33.6 Å². The molecule has 0 aliphatic carbocycles. The first kappa shape index (κ1) is 14.1. The summed E-state index contributed by atoms with van der Waals surface area (Å²) in [4.78, 5) is 19.2. The van der Waals surface area contributed by atoms with E-state index in [0.29, 0.717) is 10.7 Å². The maximum Gasteiger partial charge on any atom is 0.267 e. The second-order valence-corrected chi connectivity index (χ2v) is 6.76. The number of nitrogens with two attached hydrogens (primary N) is 1. The fourth-order valence-electron chi connectivity index (χ4n) is 2.45. The fraction of sp³-hybridized carbons (Fsp3) is 0.692. The van der Waals surface area contributed by atoms with Crippen LogP contribution < -0.4 is 11.1 Å². The SMILES string of the molecule is CCNc1nc(N)c(C(=O)N2CCCC(C)(C)C2)s1. The largest absolute Gasteiger partial charge is 0.382 e. The summed E-state index contributed by atoms with van der Waals surface area (Å²) in [6.07, 6.45) is 2.22. The van der Waals surface area contributed by atoms with Crippen LogP contribution in [0.2, 0.25) is 0 Å². The van der Waals surface area contributed by atoms with Gasteiger partial charge in [-0.25, -0.2) is 4.98 Å². The number of nitrogen functional groups attached to an aromatic ring is 1. The van der Waals surface area contributed by atoms with Gasteiger partial charge in [-0.3, -0.25) is 4.79 Å². The lowest BCUT2D eigenvalue weighted by molar-refractivity contribution is 0.0589. The van der Waals surface area contributed by atoms with Gasteiger partial charge >= 0.3 is 0 Å². The molecule has 1 aliphatic heterocycles. The van der Waals surface area contributed by atoms with Gasteiger partial charge in [0.1, 0.15) is 10.7 Å². The van der Waals surface area contributed by atoms with E-state index < -0.39 is 0 Å². The van der Waals surface area contributed by atoms with Gasteiger partial charge in [0.25, 0.3) is 5.91 Å². The van der Waals surface area contributed by atoms with Crippen LogP contribution in [0.1, 0.15) is 43.3 Å². The second-order valence-electron chi connectivity index (χ2n) is 5.76. The van der Waals surface area contributed by atoms with Crippen LogP contribution in [0.3, 0.4) is 0 Å². The molecule has 1 saturated heterocycles. The van der Waals surface area contributed by atoms with Gasteiger partial charge in [-0.1, -0.05) is 25.2 Å². The Morgan fingerprint density at radius 3 is 2.95 bits per heavy atom. The highest BCUT2D eigenvalue weighted by atomic mass is 32.1. The zero-order valence-corrected chi connectivity index (χ0v) is 12.6. The summed E-state index contributed by atoms with van der Waals surface area (Å²) in [5, 5.41) is 3.82. The lowest BCUT2D eigenvalue weighted by atomic mass is 9.84. The summed E-state index contributed by atoms with van der Waals surface area (Å²) in [7, 11) is 0. The molecule has 2 rings (SSSR count). The highest BCUT2D eigenvalue weighted by Gasteiger charge is 2.31. The highest BCUT2D eigenvalue weighted by Crippen LogP contribution is 2.32. The smallest absolute Gasteiger partial charge is 0.267 e. The van der Waals surface area contributed by atoms with Crippen molar-refractivity contribution in [1.82, 2.24) is 9.88 Å². The minimum absolute atomic E-state index is 0.0203. The molecule has 1 fully saturated rings. The Balaban J connectivity index is 2.15. The molecule has 0 bridgehead atoms. The number of hydrogen-bond acceptors (Lipinski definition) is 5. The second kappa shape index (κ2) is 5.36. The minimum atomic E-state index is 0.0203. The van der Waals surface area contributed by atoms with Crippen molar-refractivity contribution < 1.29 is 4.79 Å². The van der Waals surface area contributed by atoms with Crippen LogP contribution >= 0.6 is 11.3 Å². The van der Waals surface area contributed by atoms with Crippen molar-refractivity contribution in [3.8, 4) is 0 Å². The molecule has 1 amide bonds. The van der Waals surface area contributed by atoms with E-state index in [1.165, 1.54) is 11.3 Å². The number of anilines is 2. The van der Waals surface area contributed by atoms with Gasteiger partial charge in [-0.05, 0) is 25.2 Å². The van der Waals surface area contributed by atoms with E-state index in [1.54, 1.807) is 0 Å². The van der Waals surface area contributed by atoms with Crippen molar-refractivity contribution in [2.75, 3.05) is 30.7 Å². The normalized spacial score (nSPS) is 18.4. The van der Waals surface area contributed by atoms with E-state index in [4.69, 9.17) is 5.73 Å². The number of thiazole rings is 1. The van der Waals surface area contributed by atoms with Crippen LogP contribution in [0.15, 0.2) is 0 Å². The Bertz CT molecular complexity index is 469. The summed E-state index contributed by atoms with van der Waals surface area (Å²) >= 11 is 1.35. The molecular weight excluding hydrogens is 260 g/mol. The molecule has 5 nitrogen and oxygen atoms in total. The van der Waals surface area contributed by atoms with Gasteiger partial charge in [0.05, 0.1) is 0 Å². The first-order valence-corrected chi connectivity index (χ1v) is 7.54. The maximum absolute atomic E-state index is 12.5. The van der Waals surface area contributed by atoms with Crippen LogP contribution in [0, 0.1) is 5.41 Å². The van der Waals surface area contributed by atoms with Crippen LogP contribution in [-0.2, 0) is 0 Å². The predicted octanol–water partition coefficient (Wildman–Crippen LogP) is 2.42. The molecule has 19 heavy (non-hydrogen) atoms. The van der Waals surface area contributed by atoms with E-state index >= 15 is 0 Å². The molecule has 0 saturated carbocycles. The summed E-state index contributed by atoms with van der Waals surface area (Å²) in [5.41, 5.74) is 6.05. The first-order valence-electron chi connectivity index (χ1n) is 6.72. The van der Waals surface area contributed by atoms with Gasteiger partial charge < -0.3 is 16.0 Å². The minimum Gasteiger partial charge on any atom is -0.382 e. The lowest BCUT2D eigenvalue weighted by Crippen LogP contribution is -2.43. The summed E-state index contributed by atoms with van der Waals surface area (Å²) in [6.45, 7) is 8.78. The standard InChI is InChI=1S/C13H22N4OS/c1-4-15-12-16-10(14)9(19-12)11(18)17-7-5-6-13(2,3)8-17/h4-8,14H2,1-3H3,(H,15,16). The molecule has 0 spiro atoms. The Kier molecular flexibility index (Phi) is 3.99. The molecule has 1 aromatic heterocycles. The van der Waals surface area contributed by atoms with Crippen LogP contribution in [0.25, 0.3) is 0 Å². The zero-order chi connectivity index (χ0) is 14.0. The Morgan fingerprint density at radius 2 is 2.32 bits per heavy atom. The van der Waals surface area contributed by atoms with E-state index in [-0.39, 0.29) is 11.3 Å². The zero-order valence-electron chi connectivity index (χ0n) is 11.8. The Morgan fingerprint density at radius 1 is 1.58 bits per heavy atom. The summed E-state index contributed by atoms with van der Waals surface area (Å²) in [5.74, 6) is 0.362. The summed E-state index contributed by atoms with van der Waals surface area (Å²) < 4.78 is 0.